The molecule has 0 amide bonds. The first-order valence-corrected chi connectivity index (χ1v) is 4.69. The highest BCUT2D eigenvalue weighted by Gasteiger charge is 2.35. The van der Waals surface area contributed by atoms with Crippen molar-refractivity contribution in [3.63, 3.8) is 0 Å². The second-order valence-corrected chi connectivity index (χ2v) is 3.63. The number of likely N-dealkylation sites (tertiary alicyclic amines) is 1. The van der Waals surface area contributed by atoms with Crippen LogP contribution in [0.1, 0.15) is 19.8 Å². The first kappa shape index (κ1) is 10.4. The van der Waals surface area contributed by atoms with Crippen molar-refractivity contribution in [3.05, 3.63) is 0 Å². The number of nitrogens with zero attached hydrogens (tertiary/aromatic N) is 1. The largest absolute Gasteiger partial charge is 0.480 e. The van der Waals surface area contributed by atoms with Crippen molar-refractivity contribution < 1.29 is 14.3 Å². The number of carboxylic acids is 1. The minimum Gasteiger partial charge on any atom is -0.480 e. The number of hydrogen-bond donors (Lipinski definition) is 1. The molecule has 4 heteroatoms. The number of carbonyl (C=O) groups is 1. The lowest BCUT2D eigenvalue weighted by Gasteiger charge is -2.22. The zero-order valence-electron chi connectivity index (χ0n) is 7.87. The molecule has 1 aliphatic rings. The maximum absolute atomic E-state index is 11.9. The van der Waals surface area contributed by atoms with Gasteiger partial charge in [0.15, 0.2) is 0 Å². The van der Waals surface area contributed by atoms with Gasteiger partial charge in [-0.15, -0.1) is 0 Å². The molecule has 1 saturated heterocycles. The van der Waals surface area contributed by atoms with E-state index >= 15 is 0 Å². The summed E-state index contributed by atoms with van der Waals surface area (Å²) < 4.78 is 11.9. The molecule has 1 rings (SSSR count). The summed E-state index contributed by atoms with van der Waals surface area (Å²) in [6.45, 7) is 2.93. The van der Waals surface area contributed by atoms with Crippen LogP contribution in [0.2, 0.25) is 0 Å². The molecule has 1 fully saturated rings. The van der Waals surface area contributed by atoms with Crippen LogP contribution in [-0.4, -0.2) is 41.8 Å². The zero-order valence-corrected chi connectivity index (χ0v) is 7.87. The van der Waals surface area contributed by atoms with E-state index < -0.39 is 12.0 Å². The Morgan fingerprint density at radius 3 is 2.92 bits per heavy atom. The van der Waals surface area contributed by atoms with Crippen LogP contribution in [-0.2, 0) is 4.79 Å². The molecular formula is C9H16FNO2. The summed E-state index contributed by atoms with van der Waals surface area (Å²) in [6.07, 6.45) is 1.35. The van der Waals surface area contributed by atoms with Gasteiger partial charge in [-0.25, -0.2) is 0 Å². The Morgan fingerprint density at radius 2 is 2.38 bits per heavy atom. The second-order valence-electron chi connectivity index (χ2n) is 3.63. The Hall–Kier alpha value is -0.640. The number of hydrogen-bond acceptors (Lipinski definition) is 2. The SMILES string of the molecule is CC1CCN(CCCF)C1C(=O)O. The number of carboxylic acid groups (broad SMARTS) is 1. The van der Waals surface area contributed by atoms with Gasteiger partial charge in [0.25, 0.3) is 0 Å². The fourth-order valence-corrected chi connectivity index (χ4v) is 1.94. The highest BCUT2D eigenvalue weighted by atomic mass is 19.1. The number of halogens is 1. The molecule has 0 radical (unpaired) electrons. The van der Waals surface area contributed by atoms with E-state index in [0.717, 1.165) is 13.0 Å². The normalized spacial score (nSPS) is 29.4. The van der Waals surface area contributed by atoms with Gasteiger partial charge in [-0.05, 0) is 25.3 Å². The average Bonchev–Trinajstić information content (AvgIpc) is 2.43. The third kappa shape index (κ3) is 2.40. The Balaban J connectivity index is 2.49. The molecule has 0 bridgehead atoms. The molecule has 3 nitrogen and oxygen atoms in total. The molecule has 2 atom stereocenters. The van der Waals surface area contributed by atoms with E-state index in [1.807, 2.05) is 11.8 Å². The summed E-state index contributed by atoms with van der Waals surface area (Å²) in [5.74, 6) is -0.582. The van der Waals surface area contributed by atoms with Crippen LogP contribution in [0.5, 0.6) is 0 Å². The Bertz CT molecular complexity index is 186. The Morgan fingerprint density at radius 1 is 1.69 bits per heavy atom. The van der Waals surface area contributed by atoms with Crippen LogP contribution in [0.3, 0.4) is 0 Å². The lowest BCUT2D eigenvalue weighted by molar-refractivity contribution is -0.143. The van der Waals surface area contributed by atoms with E-state index in [9.17, 15) is 9.18 Å². The van der Waals surface area contributed by atoms with E-state index in [4.69, 9.17) is 5.11 Å². The predicted octanol–water partition coefficient (Wildman–Crippen LogP) is 1.14. The van der Waals surface area contributed by atoms with Gasteiger partial charge in [-0.3, -0.25) is 14.1 Å². The van der Waals surface area contributed by atoms with Gasteiger partial charge in [-0.2, -0.15) is 0 Å². The third-order valence-corrected chi connectivity index (χ3v) is 2.64. The standard InChI is InChI=1S/C9H16FNO2/c1-7-3-6-11(5-2-4-10)8(7)9(12)13/h7-8H,2-6H2,1H3,(H,12,13). The van der Waals surface area contributed by atoms with Gasteiger partial charge in [0.1, 0.15) is 6.04 Å². The molecular weight excluding hydrogens is 173 g/mol. The fourth-order valence-electron chi connectivity index (χ4n) is 1.94. The van der Waals surface area contributed by atoms with Crippen molar-refractivity contribution in [2.75, 3.05) is 19.8 Å². The molecule has 0 aromatic heterocycles. The first-order chi connectivity index (χ1) is 6.16. The summed E-state index contributed by atoms with van der Waals surface area (Å²) in [7, 11) is 0. The van der Waals surface area contributed by atoms with Crippen molar-refractivity contribution >= 4 is 5.97 Å². The van der Waals surface area contributed by atoms with Crippen molar-refractivity contribution in [2.24, 2.45) is 5.92 Å². The summed E-state index contributed by atoms with van der Waals surface area (Å²) in [5, 5.41) is 8.92. The molecule has 2 unspecified atom stereocenters. The van der Waals surface area contributed by atoms with Crippen LogP contribution >= 0.6 is 0 Å². The molecule has 13 heavy (non-hydrogen) atoms. The molecule has 76 valence electrons. The summed E-state index contributed by atoms with van der Waals surface area (Å²) in [4.78, 5) is 12.7. The van der Waals surface area contributed by atoms with Gasteiger partial charge in [0.2, 0.25) is 0 Å². The molecule has 0 aromatic rings. The second kappa shape index (κ2) is 4.56. The van der Waals surface area contributed by atoms with Crippen molar-refractivity contribution in [1.82, 2.24) is 4.90 Å². The summed E-state index contributed by atoms with van der Waals surface area (Å²) >= 11 is 0. The van der Waals surface area contributed by atoms with Gasteiger partial charge < -0.3 is 5.11 Å². The zero-order chi connectivity index (χ0) is 9.84. The first-order valence-electron chi connectivity index (χ1n) is 4.69. The predicted molar refractivity (Wildman–Crippen MR) is 47.4 cm³/mol. The molecule has 1 heterocycles. The van der Waals surface area contributed by atoms with Gasteiger partial charge in [-0.1, -0.05) is 6.92 Å². The topological polar surface area (TPSA) is 40.5 Å². The molecule has 0 saturated carbocycles. The van der Waals surface area contributed by atoms with E-state index in [1.54, 1.807) is 0 Å². The maximum Gasteiger partial charge on any atom is 0.321 e. The molecule has 1 N–H and O–H groups in total. The van der Waals surface area contributed by atoms with Crippen LogP contribution in [0, 0.1) is 5.92 Å². The molecule has 0 aromatic carbocycles. The highest BCUT2D eigenvalue weighted by molar-refractivity contribution is 5.74. The summed E-state index contributed by atoms with van der Waals surface area (Å²) in [5.41, 5.74) is 0. The molecule has 0 spiro atoms. The van der Waals surface area contributed by atoms with Crippen LogP contribution < -0.4 is 0 Å². The monoisotopic (exact) mass is 189 g/mol. The van der Waals surface area contributed by atoms with Crippen LogP contribution in [0.25, 0.3) is 0 Å². The quantitative estimate of drug-likeness (QED) is 0.721. The van der Waals surface area contributed by atoms with Gasteiger partial charge in [0, 0.05) is 6.54 Å². The highest BCUT2D eigenvalue weighted by Crippen LogP contribution is 2.23. The maximum atomic E-state index is 11.9. The van der Waals surface area contributed by atoms with Crippen LogP contribution in [0.4, 0.5) is 4.39 Å². The number of aliphatic carboxylic acids is 1. The molecule has 1 aliphatic heterocycles. The smallest absolute Gasteiger partial charge is 0.321 e. The van der Waals surface area contributed by atoms with Crippen molar-refractivity contribution in [3.8, 4) is 0 Å². The number of alkyl halides is 1. The summed E-state index contributed by atoms with van der Waals surface area (Å²) in [6, 6.07) is -0.397. The average molecular weight is 189 g/mol. The molecule has 0 aliphatic carbocycles. The van der Waals surface area contributed by atoms with Crippen molar-refractivity contribution in [2.45, 2.75) is 25.8 Å². The van der Waals surface area contributed by atoms with Gasteiger partial charge >= 0.3 is 5.97 Å². The van der Waals surface area contributed by atoms with E-state index in [1.165, 1.54) is 0 Å². The minimum absolute atomic E-state index is 0.192. The van der Waals surface area contributed by atoms with Crippen molar-refractivity contribution in [1.29, 1.82) is 0 Å². The minimum atomic E-state index is -0.774. The van der Waals surface area contributed by atoms with Gasteiger partial charge in [0.05, 0.1) is 6.67 Å². The lowest BCUT2D eigenvalue weighted by atomic mass is 10.0. The number of rotatable bonds is 4. The van der Waals surface area contributed by atoms with E-state index in [-0.39, 0.29) is 12.6 Å². The van der Waals surface area contributed by atoms with Crippen LogP contribution in [0.15, 0.2) is 0 Å². The lowest BCUT2D eigenvalue weighted by Crippen LogP contribution is -2.39. The fraction of sp³-hybridized carbons (Fsp3) is 0.889. The van der Waals surface area contributed by atoms with E-state index in [0.29, 0.717) is 13.0 Å². The Labute approximate surface area is 77.5 Å². The Kier molecular flexibility index (Phi) is 3.66. The van der Waals surface area contributed by atoms with E-state index in [2.05, 4.69) is 0 Å². The third-order valence-electron chi connectivity index (χ3n) is 2.64.